The second-order valence-electron chi connectivity index (χ2n) is 5.67. The molecule has 1 aliphatic rings. The average molecular weight is 357 g/mol. The number of thiocarbonyl (C=S) groups is 1. The zero-order valence-corrected chi connectivity index (χ0v) is 14.6. The van der Waals surface area contributed by atoms with Crippen LogP contribution in [0.2, 0.25) is 0 Å². The summed E-state index contributed by atoms with van der Waals surface area (Å²) < 4.78 is 5.67. The molecular formula is C17H19N5O2S. The van der Waals surface area contributed by atoms with Crippen molar-refractivity contribution in [2.24, 2.45) is 10.9 Å². The lowest BCUT2D eigenvalue weighted by Gasteiger charge is -2.14. The van der Waals surface area contributed by atoms with Gasteiger partial charge in [-0.1, -0.05) is 18.2 Å². The Morgan fingerprint density at radius 1 is 1.28 bits per heavy atom. The van der Waals surface area contributed by atoms with Gasteiger partial charge in [-0.3, -0.25) is 15.6 Å². The number of nitrogens with zero attached hydrogens (tertiary/aromatic N) is 1. The maximum absolute atomic E-state index is 11.8. The lowest BCUT2D eigenvalue weighted by molar-refractivity contribution is 0.0923. The second kappa shape index (κ2) is 7.45. The third-order valence-electron chi connectivity index (χ3n) is 3.99. The smallest absolute Gasteiger partial charge is 0.301 e. The molecule has 2 aromatic rings. The number of carbonyl (C=O) groups excluding carboxylic acids is 1. The van der Waals surface area contributed by atoms with Crippen LogP contribution in [-0.4, -0.2) is 16.7 Å². The molecule has 0 fully saturated rings. The Labute approximate surface area is 150 Å². The topological polar surface area (TPSA) is 105 Å². The van der Waals surface area contributed by atoms with Crippen molar-refractivity contribution in [3.8, 4) is 0 Å². The molecule has 0 atom stereocenters. The first-order valence-electron chi connectivity index (χ1n) is 7.92. The van der Waals surface area contributed by atoms with E-state index in [0.717, 1.165) is 47.5 Å². The van der Waals surface area contributed by atoms with Crippen molar-refractivity contribution in [2.75, 3.05) is 5.32 Å². The number of furan rings is 1. The highest BCUT2D eigenvalue weighted by atomic mass is 32.1. The second-order valence-corrected chi connectivity index (χ2v) is 6.08. The van der Waals surface area contributed by atoms with Crippen molar-refractivity contribution in [3.05, 3.63) is 53.0 Å². The van der Waals surface area contributed by atoms with Crippen molar-refractivity contribution in [2.45, 2.75) is 26.2 Å². The quantitative estimate of drug-likeness (QED) is 0.291. The summed E-state index contributed by atoms with van der Waals surface area (Å²) in [5, 5.41) is 7.88. The molecule has 0 saturated heterocycles. The normalized spacial score (nSPS) is 14.7. The van der Waals surface area contributed by atoms with Gasteiger partial charge in [0.1, 0.15) is 5.76 Å². The highest BCUT2D eigenvalue weighted by Gasteiger charge is 2.27. The van der Waals surface area contributed by atoms with Crippen LogP contribution in [0.3, 0.4) is 0 Å². The fourth-order valence-electron chi connectivity index (χ4n) is 2.86. The minimum Gasteiger partial charge on any atom is -0.455 e. The Bertz CT molecular complexity index is 829. The van der Waals surface area contributed by atoms with E-state index in [4.69, 9.17) is 22.5 Å². The standard InChI is InChI=1S/C17H19N5O2S/c1-10-14-12(8-5-9-13(14)24-15(10)16(23)20-18)21-22-17(25)19-11-6-3-2-4-7-11/h2-4,6-7H,5,8-9,18H2,1H3,(H,20,23)(H2,19,22,25)/b21-12+. The van der Waals surface area contributed by atoms with E-state index < -0.39 is 5.91 Å². The molecule has 7 nitrogen and oxygen atoms in total. The number of nitrogens with two attached hydrogens (primary N) is 1. The summed E-state index contributed by atoms with van der Waals surface area (Å²) in [7, 11) is 0. The molecule has 25 heavy (non-hydrogen) atoms. The van der Waals surface area contributed by atoms with Crippen LogP contribution in [0, 0.1) is 6.92 Å². The molecule has 5 N–H and O–H groups in total. The SMILES string of the molecule is Cc1c(C(=O)NN)oc2c1/C(=N/NC(=S)Nc1ccccc1)CCC2. The highest BCUT2D eigenvalue weighted by Crippen LogP contribution is 2.29. The molecule has 1 aromatic heterocycles. The number of anilines is 1. The maximum atomic E-state index is 11.8. The van der Waals surface area contributed by atoms with E-state index in [1.54, 1.807) is 0 Å². The number of nitrogen functional groups attached to an aromatic ring is 1. The molecule has 0 spiro atoms. The van der Waals surface area contributed by atoms with Gasteiger partial charge in [0, 0.05) is 23.2 Å². The predicted octanol–water partition coefficient (Wildman–Crippen LogP) is 2.22. The number of hydrogen-bond donors (Lipinski definition) is 4. The fourth-order valence-corrected chi connectivity index (χ4v) is 3.02. The molecule has 0 unspecified atom stereocenters. The van der Waals surface area contributed by atoms with Crippen LogP contribution in [0.1, 0.15) is 40.3 Å². The molecule has 0 aliphatic heterocycles. The number of rotatable bonds is 3. The molecule has 0 bridgehead atoms. The number of nitrogens with one attached hydrogen (secondary N) is 3. The van der Waals surface area contributed by atoms with Gasteiger partial charge in [-0.2, -0.15) is 5.10 Å². The Kier molecular flexibility index (Phi) is 5.11. The first-order valence-corrected chi connectivity index (χ1v) is 8.33. The van der Waals surface area contributed by atoms with Crippen molar-refractivity contribution in [1.82, 2.24) is 10.9 Å². The van der Waals surface area contributed by atoms with Crippen molar-refractivity contribution >= 4 is 34.6 Å². The Morgan fingerprint density at radius 2 is 2.04 bits per heavy atom. The van der Waals surface area contributed by atoms with Crippen LogP contribution >= 0.6 is 12.2 Å². The molecule has 1 aromatic carbocycles. The third-order valence-corrected chi connectivity index (χ3v) is 4.18. The largest absolute Gasteiger partial charge is 0.455 e. The number of fused-ring (bicyclic) bond motifs is 1. The predicted molar refractivity (Wildman–Crippen MR) is 100 cm³/mol. The summed E-state index contributed by atoms with van der Waals surface area (Å²) >= 11 is 5.27. The number of carbonyl (C=O) groups is 1. The summed E-state index contributed by atoms with van der Waals surface area (Å²) in [5.41, 5.74) is 8.26. The first-order chi connectivity index (χ1) is 12.1. The Morgan fingerprint density at radius 3 is 2.76 bits per heavy atom. The number of para-hydroxylation sites is 1. The summed E-state index contributed by atoms with van der Waals surface area (Å²) in [6.07, 6.45) is 2.43. The van der Waals surface area contributed by atoms with Crippen LogP contribution in [-0.2, 0) is 6.42 Å². The van der Waals surface area contributed by atoms with Gasteiger partial charge in [0.05, 0.1) is 5.71 Å². The highest BCUT2D eigenvalue weighted by molar-refractivity contribution is 7.80. The van der Waals surface area contributed by atoms with Gasteiger partial charge in [0.15, 0.2) is 10.9 Å². The minimum absolute atomic E-state index is 0.229. The molecule has 0 saturated carbocycles. The molecule has 130 valence electrons. The van der Waals surface area contributed by atoms with Gasteiger partial charge in [-0.15, -0.1) is 0 Å². The lowest BCUT2D eigenvalue weighted by Crippen LogP contribution is -2.30. The van der Waals surface area contributed by atoms with E-state index in [2.05, 4.69) is 21.3 Å². The van der Waals surface area contributed by atoms with Crippen LogP contribution in [0.4, 0.5) is 5.69 Å². The maximum Gasteiger partial charge on any atom is 0.301 e. The van der Waals surface area contributed by atoms with Crippen LogP contribution < -0.4 is 22.0 Å². The number of amides is 1. The minimum atomic E-state index is -0.444. The van der Waals surface area contributed by atoms with E-state index in [1.165, 1.54) is 0 Å². The summed E-state index contributed by atoms with van der Waals surface area (Å²) in [4.78, 5) is 11.8. The van der Waals surface area contributed by atoms with Crippen LogP contribution in [0.15, 0.2) is 39.9 Å². The molecule has 8 heteroatoms. The van der Waals surface area contributed by atoms with Gasteiger partial charge < -0.3 is 9.73 Å². The van der Waals surface area contributed by atoms with E-state index in [1.807, 2.05) is 37.3 Å². The summed E-state index contributed by atoms with van der Waals surface area (Å²) in [6, 6.07) is 9.60. The van der Waals surface area contributed by atoms with Crippen molar-refractivity contribution < 1.29 is 9.21 Å². The lowest BCUT2D eigenvalue weighted by atomic mass is 9.93. The van der Waals surface area contributed by atoms with Gasteiger partial charge in [-0.05, 0) is 44.1 Å². The number of hydrazine groups is 1. The molecule has 0 radical (unpaired) electrons. The molecule has 1 aliphatic carbocycles. The van der Waals surface area contributed by atoms with Gasteiger partial charge in [0.25, 0.3) is 0 Å². The molecule has 1 heterocycles. The number of hydrogen-bond acceptors (Lipinski definition) is 5. The monoisotopic (exact) mass is 357 g/mol. The molecule has 1 amide bonds. The third kappa shape index (κ3) is 3.70. The van der Waals surface area contributed by atoms with E-state index in [-0.39, 0.29) is 5.76 Å². The number of hydrazone groups is 1. The summed E-state index contributed by atoms with van der Waals surface area (Å²) in [6.45, 7) is 1.83. The van der Waals surface area contributed by atoms with Gasteiger partial charge in [-0.25, -0.2) is 5.84 Å². The molecule has 3 rings (SSSR count). The van der Waals surface area contributed by atoms with E-state index in [9.17, 15) is 4.79 Å². The zero-order chi connectivity index (χ0) is 17.8. The Hall–Kier alpha value is -2.71. The van der Waals surface area contributed by atoms with Gasteiger partial charge in [0.2, 0.25) is 0 Å². The van der Waals surface area contributed by atoms with Crippen molar-refractivity contribution in [3.63, 3.8) is 0 Å². The number of benzene rings is 1. The van der Waals surface area contributed by atoms with E-state index >= 15 is 0 Å². The van der Waals surface area contributed by atoms with Crippen molar-refractivity contribution in [1.29, 1.82) is 0 Å². The number of aryl methyl sites for hydroxylation is 1. The molecular weight excluding hydrogens is 338 g/mol. The van der Waals surface area contributed by atoms with E-state index in [0.29, 0.717) is 5.11 Å². The average Bonchev–Trinajstić information content (AvgIpc) is 2.97. The van der Waals surface area contributed by atoms with Crippen LogP contribution in [0.25, 0.3) is 0 Å². The fraction of sp³-hybridized carbons (Fsp3) is 0.235. The van der Waals surface area contributed by atoms with Crippen LogP contribution in [0.5, 0.6) is 0 Å². The Balaban J connectivity index is 1.78. The first kappa shape index (κ1) is 17.1. The van der Waals surface area contributed by atoms with Gasteiger partial charge >= 0.3 is 5.91 Å². The zero-order valence-electron chi connectivity index (χ0n) is 13.8. The summed E-state index contributed by atoms with van der Waals surface area (Å²) in [5.74, 6) is 5.75.